The summed E-state index contributed by atoms with van der Waals surface area (Å²) in [5.41, 5.74) is 0.544. The number of ether oxygens (including phenoxy) is 2. The minimum absolute atomic E-state index is 0.0933. The Morgan fingerprint density at radius 2 is 1.94 bits per heavy atom. The summed E-state index contributed by atoms with van der Waals surface area (Å²) in [5.74, 6) is 0.656. The molecule has 2 aromatic carbocycles. The third-order valence-electron chi connectivity index (χ3n) is 3.97. The summed E-state index contributed by atoms with van der Waals surface area (Å²) in [7, 11) is 1.52. The Bertz CT molecular complexity index is 1040. The van der Waals surface area contributed by atoms with Crippen molar-refractivity contribution in [3.05, 3.63) is 65.3 Å². The third-order valence-corrected chi connectivity index (χ3v) is 5.48. The zero-order chi connectivity index (χ0) is 22.1. The van der Waals surface area contributed by atoms with Gasteiger partial charge in [0.15, 0.2) is 12.4 Å². The number of aromatic nitrogens is 2. The normalized spacial score (nSPS) is 10.5. The predicted octanol–water partition coefficient (Wildman–Crippen LogP) is 4.14. The molecule has 8 nitrogen and oxygen atoms in total. The second-order valence-electron chi connectivity index (χ2n) is 6.22. The second kappa shape index (κ2) is 11.4. The Morgan fingerprint density at radius 1 is 1.16 bits per heavy atom. The highest BCUT2D eigenvalue weighted by molar-refractivity contribution is 7.99. The monoisotopic (exact) mass is 461 g/mol. The molecule has 0 spiro atoms. The van der Waals surface area contributed by atoms with E-state index in [9.17, 15) is 9.59 Å². The van der Waals surface area contributed by atoms with Crippen molar-refractivity contribution in [1.29, 1.82) is 0 Å². The lowest BCUT2D eigenvalue weighted by molar-refractivity contribution is -0.145. The molecule has 0 aliphatic rings. The fraction of sp³-hybridized carbons (Fsp3) is 0.238. The van der Waals surface area contributed by atoms with E-state index in [0.29, 0.717) is 22.2 Å². The Morgan fingerprint density at radius 3 is 2.74 bits per heavy atom. The Hall–Kier alpha value is -3.04. The van der Waals surface area contributed by atoms with Crippen molar-refractivity contribution in [3.8, 4) is 5.75 Å². The molecule has 31 heavy (non-hydrogen) atoms. The molecule has 1 amide bonds. The van der Waals surface area contributed by atoms with E-state index >= 15 is 0 Å². The maximum Gasteiger partial charge on any atom is 0.307 e. The molecule has 0 saturated carbocycles. The van der Waals surface area contributed by atoms with Crippen LogP contribution in [0.1, 0.15) is 18.1 Å². The lowest BCUT2D eigenvalue weighted by Gasteiger charge is -2.08. The summed E-state index contributed by atoms with van der Waals surface area (Å²) < 4.78 is 15.4. The van der Waals surface area contributed by atoms with Crippen molar-refractivity contribution in [3.63, 3.8) is 0 Å². The van der Waals surface area contributed by atoms with E-state index in [1.54, 1.807) is 30.3 Å². The number of thioether (sulfide) groups is 1. The van der Waals surface area contributed by atoms with Gasteiger partial charge >= 0.3 is 5.97 Å². The first kappa shape index (κ1) is 22.6. The first-order valence-electron chi connectivity index (χ1n) is 9.32. The molecule has 1 aromatic heterocycles. The SMILES string of the molecule is COc1ccccc1NC(=O)Cc1noc(COC(=O)CCSc2ccccc2Cl)n1. The number of hydrogen-bond donors (Lipinski definition) is 1. The van der Waals surface area contributed by atoms with Crippen molar-refractivity contribution in [2.45, 2.75) is 24.3 Å². The molecule has 1 heterocycles. The first-order chi connectivity index (χ1) is 15.0. The summed E-state index contributed by atoms with van der Waals surface area (Å²) in [6.45, 7) is -0.156. The standard InChI is InChI=1S/C21H20ClN3O5S/c1-28-16-8-4-3-7-15(16)23-19(26)12-18-24-20(30-25-18)13-29-21(27)10-11-31-17-9-5-2-6-14(17)22/h2-9H,10-13H2,1H3,(H,23,26). The zero-order valence-corrected chi connectivity index (χ0v) is 18.2. The van der Waals surface area contributed by atoms with Gasteiger partial charge in [0, 0.05) is 10.6 Å². The van der Waals surface area contributed by atoms with E-state index < -0.39 is 5.97 Å². The van der Waals surface area contributed by atoms with Crippen molar-refractivity contribution < 1.29 is 23.6 Å². The first-order valence-corrected chi connectivity index (χ1v) is 10.7. The predicted molar refractivity (Wildman–Crippen MR) is 116 cm³/mol. The van der Waals surface area contributed by atoms with Gasteiger partial charge in [-0.25, -0.2) is 0 Å². The number of nitrogens with zero attached hydrogens (tertiary/aromatic N) is 2. The molecule has 0 radical (unpaired) electrons. The van der Waals surface area contributed by atoms with Gasteiger partial charge in [-0.3, -0.25) is 9.59 Å². The number of para-hydroxylation sites is 2. The summed E-state index contributed by atoms with van der Waals surface area (Å²) in [4.78, 5) is 29.1. The van der Waals surface area contributed by atoms with Crippen LogP contribution < -0.4 is 10.1 Å². The number of nitrogens with one attached hydrogen (secondary N) is 1. The van der Waals surface area contributed by atoms with Crippen LogP contribution in [0.2, 0.25) is 5.02 Å². The summed E-state index contributed by atoms with van der Waals surface area (Å²) >= 11 is 7.55. The average molecular weight is 462 g/mol. The number of benzene rings is 2. The Labute approximate surface area is 188 Å². The number of halogens is 1. The van der Waals surface area contributed by atoms with Crippen LogP contribution in [0, 0.1) is 0 Å². The highest BCUT2D eigenvalue weighted by Gasteiger charge is 2.14. The summed E-state index contributed by atoms with van der Waals surface area (Å²) in [5, 5.41) is 7.12. The van der Waals surface area contributed by atoms with Crippen molar-refractivity contribution in [2.24, 2.45) is 0 Å². The lowest BCUT2D eigenvalue weighted by atomic mass is 10.2. The number of anilines is 1. The molecule has 3 aromatic rings. The topological polar surface area (TPSA) is 104 Å². The van der Waals surface area contributed by atoms with Gasteiger partial charge < -0.3 is 19.3 Å². The fourth-order valence-corrected chi connectivity index (χ4v) is 3.70. The number of carbonyl (C=O) groups excluding carboxylic acids is 2. The molecule has 0 aliphatic carbocycles. The minimum atomic E-state index is -0.395. The molecular formula is C21H20ClN3O5S. The van der Waals surface area contributed by atoms with E-state index in [-0.39, 0.29) is 37.1 Å². The molecule has 10 heteroatoms. The largest absolute Gasteiger partial charge is 0.495 e. The molecule has 3 rings (SSSR count). The Kier molecular flexibility index (Phi) is 8.31. The lowest BCUT2D eigenvalue weighted by Crippen LogP contribution is -2.15. The highest BCUT2D eigenvalue weighted by Crippen LogP contribution is 2.27. The van der Waals surface area contributed by atoms with E-state index in [1.807, 2.05) is 18.2 Å². The summed E-state index contributed by atoms with van der Waals surface area (Å²) in [6, 6.07) is 14.5. The number of esters is 1. The van der Waals surface area contributed by atoms with Gasteiger partial charge in [0.25, 0.3) is 5.89 Å². The molecule has 0 bridgehead atoms. The number of carbonyl (C=O) groups is 2. The molecule has 0 unspecified atom stereocenters. The third kappa shape index (κ3) is 7.01. The van der Waals surface area contributed by atoms with Crippen LogP contribution in [0.3, 0.4) is 0 Å². The Balaban J connectivity index is 1.40. The maximum atomic E-state index is 12.2. The van der Waals surface area contributed by atoms with Gasteiger partial charge in [-0.1, -0.05) is 41.0 Å². The number of methoxy groups -OCH3 is 1. The van der Waals surface area contributed by atoms with Crippen LogP contribution >= 0.6 is 23.4 Å². The van der Waals surface area contributed by atoms with Crippen molar-refractivity contribution in [2.75, 3.05) is 18.2 Å². The number of amides is 1. The van der Waals surface area contributed by atoms with Crippen LogP contribution in [0.5, 0.6) is 5.75 Å². The number of hydrogen-bond acceptors (Lipinski definition) is 8. The molecule has 1 N–H and O–H groups in total. The maximum absolute atomic E-state index is 12.2. The van der Waals surface area contributed by atoms with Crippen LogP contribution in [0.4, 0.5) is 5.69 Å². The quantitative estimate of drug-likeness (QED) is 0.355. The van der Waals surface area contributed by atoms with E-state index in [0.717, 1.165) is 4.90 Å². The van der Waals surface area contributed by atoms with E-state index in [2.05, 4.69) is 15.5 Å². The zero-order valence-electron chi connectivity index (χ0n) is 16.7. The smallest absolute Gasteiger partial charge is 0.307 e. The molecule has 162 valence electrons. The molecule has 0 atom stereocenters. The van der Waals surface area contributed by atoms with Crippen LogP contribution in [0.15, 0.2) is 57.9 Å². The van der Waals surface area contributed by atoms with Crippen LogP contribution in [-0.4, -0.2) is 34.9 Å². The van der Waals surface area contributed by atoms with Gasteiger partial charge in [-0.2, -0.15) is 4.98 Å². The molecular weight excluding hydrogens is 442 g/mol. The van der Waals surface area contributed by atoms with Gasteiger partial charge in [-0.05, 0) is 24.3 Å². The van der Waals surface area contributed by atoms with Crippen molar-refractivity contribution >= 4 is 40.9 Å². The second-order valence-corrected chi connectivity index (χ2v) is 7.76. The average Bonchev–Trinajstić information content (AvgIpc) is 3.21. The van der Waals surface area contributed by atoms with Crippen LogP contribution in [-0.2, 0) is 27.4 Å². The van der Waals surface area contributed by atoms with Gasteiger partial charge in [-0.15, -0.1) is 11.8 Å². The van der Waals surface area contributed by atoms with Crippen molar-refractivity contribution in [1.82, 2.24) is 10.1 Å². The minimum Gasteiger partial charge on any atom is -0.495 e. The summed E-state index contributed by atoms with van der Waals surface area (Å²) in [6.07, 6.45) is 0.113. The van der Waals surface area contributed by atoms with Crippen LogP contribution in [0.25, 0.3) is 0 Å². The number of rotatable bonds is 10. The molecule has 0 aliphatic heterocycles. The van der Waals surface area contributed by atoms with Gasteiger partial charge in [0.05, 0.1) is 30.7 Å². The molecule has 0 saturated heterocycles. The van der Waals surface area contributed by atoms with Gasteiger partial charge in [0.2, 0.25) is 5.91 Å². The van der Waals surface area contributed by atoms with Gasteiger partial charge in [0.1, 0.15) is 5.75 Å². The fourth-order valence-electron chi connectivity index (χ4n) is 2.53. The highest BCUT2D eigenvalue weighted by atomic mass is 35.5. The molecule has 0 fully saturated rings. The van der Waals surface area contributed by atoms with E-state index in [4.69, 9.17) is 25.6 Å². The van der Waals surface area contributed by atoms with E-state index in [1.165, 1.54) is 18.9 Å².